The topological polar surface area (TPSA) is 79.3 Å². The number of pyridine rings is 1. The SMILES string of the molecule is CN(C)Cc1cc(OC2CCN(Cc3nn(C)c(=O)[nH]3)C2)ccn1. The minimum absolute atomic E-state index is 0.148. The van der Waals surface area contributed by atoms with Gasteiger partial charge in [0.1, 0.15) is 17.7 Å². The van der Waals surface area contributed by atoms with Crippen LogP contribution in [-0.4, -0.2) is 62.8 Å². The lowest BCUT2D eigenvalue weighted by Crippen LogP contribution is -2.25. The molecule has 0 aromatic carbocycles. The lowest BCUT2D eigenvalue weighted by Gasteiger charge is -2.16. The molecule has 3 rings (SSSR count). The Balaban J connectivity index is 1.55. The van der Waals surface area contributed by atoms with Gasteiger partial charge in [-0.1, -0.05) is 0 Å². The van der Waals surface area contributed by atoms with Crippen molar-refractivity contribution in [1.82, 2.24) is 29.5 Å². The van der Waals surface area contributed by atoms with Gasteiger partial charge in [-0.15, -0.1) is 0 Å². The van der Waals surface area contributed by atoms with Crippen LogP contribution < -0.4 is 10.4 Å². The third kappa shape index (κ3) is 4.21. The van der Waals surface area contributed by atoms with E-state index in [-0.39, 0.29) is 11.8 Å². The molecule has 8 nitrogen and oxygen atoms in total. The number of aryl methyl sites for hydroxylation is 1. The predicted molar refractivity (Wildman–Crippen MR) is 89.8 cm³/mol. The maximum atomic E-state index is 11.4. The van der Waals surface area contributed by atoms with Crippen molar-refractivity contribution < 1.29 is 4.74 Å². The molecule has 1 unspecified atom stereocenters. The number of H-pyrrole nitrogens is 1. The van der Waals surface area contributed by atoms with E-state index < -0.39 is 0 Å². The number of hydrogen-bond donors (Lipinski definition) is 1. The van der Waals surface area contributed by atoms with E-state index in [4.69, 9.17) is 4.74 Å². The first-order chi connectivity index (χ1) is 11.5. The fraction of sp³-hybridized carbons (Fsp3) is 0.562. The van der Waals surface area contributed by atoms with Gasteiger partial charge in [-0.25, -0.2) is 9.48 Å². The van der Waals surface area contributed by atoms with Crippen LogP contribution in [0.15, 0.2) is 23.1 Å². The van der Waals surface area contributed by atoms with Gasteiger partial charge >= 0.3 is 5.69 Å². The lowest BCUT2D eigenvalue weighted by molar-refractivity contribution is 0.196. The Labute approximate surface area is 141 Å². The maximum absolute atomic E-state index is 11.4. The van der Waals surface area contributed by atoms with E-state index in [0.717, 1.165) is 37.5 Å². The molecule has 0 amide bonds. The van der Waals surface area contributed by atoms with Crippen molar-refractivity contribution in [2.45, 2.75) is 25.6 Å². The number of nitrogens with zero attached hydrogens (tertiary/aromatic N) is 5. The number of aromatic amines is 1. The Morgan fingerprint density at radius 1 is 1.46 bits per heavy atom. The lowest BCUT2D eigenvalue weighted by atomic mass is 10.3. The monoisotopic (exact) mass is 332 g/mol. The van der Waals surface area contributed by atoms with Crippen molar-refractivity contribution in [3.8, 4) is 5.75 Å². The normalized spacial score (nSPS) is 18.4. The van der Waals surface area contributed by atoms with E-state index in [0.29, 0.717) is 12.4 Å². The average Bonchev–Trinajstić information content (AvgIpc) is 3.06. The first-order valence-electron chi connectivity index (χ1n) is 8.10. The fourth-order valence-electron chi connectivity index (χ4n) is 2.91. The van der Waals surface area contributed by atoms with Crippen molar-refractivity contribution in [1.29, 1.82) is 0 Å². The van der Waals surface area contributed by atoms with Gasteiger partial charge in [0.05, 0.1) is 12.2 Å². The van der Waals surface area contributed by atoms with Crippen LogP contribution in [-0.2, 0) is 20.1 Å². The van der Waals surface area contributed by atoms with Gasteiger partial charge < -0.3 is 9.64 Å². The van der Waals surface area contributed by atoms with Crippen LogP contribution in [0.25, 0.3) is 0 Å². The standard InChI is InChI=1S/C16H24N6O2/c1-20(2)9-12-8-13(4-6-17-12)24-14-5-7-22(10-14)11-15-18-16(23)21(3)19-15/h4,6,8,14H,5,7,9-11H2,1-3H3,(H,18,19,23). The van der Waals surface area contributed by atoms with Gasteiger partial charge in [0.15, 0.2) is 0 Å². The summed E-state index contributed by atoms with van der Waals surface area (Å²) in [5, 5.41) is 4.18. The van der Waals surface area contributed by atoms with Gasteiger partial charge in [0.2, 0.25) is 0 Å². The van der Waals surface area contributed by atoms with E-state index in [1.807, 2.05) is 26.2 Å². The molecule has 3 heterocycles. The van der Waals surface area contributed by atoms with E-state index in [1.54, 1.807) is 13.2 Å². The summed E-state index contributed by atoms with van der Waals surface area (Å²) in [6.45, 7) is 3.18. The molecule has 0 aliphatic carbocycles. The van der Waals surface area contributed by atoms with E-state index >= 15 is 0 Å². The highest BCUT2D eigenvalue weighted by Crippen LogP contribution is 2.19. The Morgan fingerprint density at radius 3 is 3.00 bits per heavy atom. The van der Waals surface area contributed by atoms with Crippen LogP contribution in [0.3, 0.4) is 0 Å². The van der Waals surface area contributed by atoms with E-state index in [9.17, 15) is 4.79 Å². The molecule has 1 aliphatic rings. The van der Waals surface area contributed by atoms with Gasteiger partial charge in [0, 0.05) is 38.9 Å². The summed E-state index contributed by atoms with van der Waals surface area (Å²) < 4.78 is 7.42. The summed E-state index contributed by atoms with van der Waals surface area (Å²) in [6, 6.07) is 3.90. The highest BCUT2D eigenvalue weighted by molar-refractivity contribution is 5.23. The van der Waals surface area contributed by atoms with Crippen LogP contribution in [0, 0.1) is 0 Å². The minimum Gasteiger partial charge on any atom is -0.489 e. The number of rotatable bonds is 6. The van der Waals surface area contributed by atoms with Gasteiger partial charge in [-0.2, -0.15) is 5.10 Å². The fourth-order valence-corrected chi connectivity index (χ4v) is 2.91. The van der Waals surface area contributed by atoms with Gasteiger partial charge in [-0.3, -0.25) is 14.9 Å². The first-order valence-corrected chi connectivity index (χ1v) is 8.10. The molecule has 24 heavy (non-hydrogen) atoms. The van der Waals surface area contributed by atoms with Crippen LogP contribution in [0.2, 0.25) is 0 Å². The van der Waals surface area contributed by atoms with Crippen LogP contribution in [0.1, 0.15) is 17.9 Å². The molecule has 130 valence electrons. The second kappa shape index (κ2) is 7.14. The zero-order valence-corrected chi connectivity index (χ0v) is 14.4. The van der Waals surface area contributed by atoms with Crippen molar-refractivity contribution in [2.24, 2.45) is 7.05 Å². The molecule has 8 heteroatoms. The van der Waals surface area contributed by atoms with E-state index in [1.165, 1.54) is 4.68 Å². The number of ether oxygens (including phenoxy) is 1. The molecule has 1 fully saturated rings. The third-order valence-corrected chi connectivity index (χ3v) is 3.99. The van der Waals surface area contributed by atoms with Crippen LogP contribution in [0.4, 0.5) is 0 Å². The quantitative estimate of drug-likeness (QED) is 0.815. The first kappa shape index (κ1) is 16.7. The van der Waals surface area contributed by atoms with Crippen molar-refractivity contribution >= 4 is 0 Å². The second-order valence-corrected chi connectivity index (χ2v) is 6.48. The predicted octanol–water partition coefficient (Wildman–Crippen LogP) is 0.218. The molecule has 0 bridgehead atoms. The molecule has 2 aromatic heterocycles. The molecule has 0 radical (unpaired) electrons. The smallest absolute Gasteiger partial charge is 0.343 e. The number of hydrogen-bond acceptors (Lipinski definition) is 6. The largest absolute Gasteiger partial charge is 0.489 e. The maximum Gasteiger partial charge on any atom is 0.343 e. The van der Waals surface area contributed by atoms with Gasteiger partial charge in [-0.05, 0) is 26.6 Å². The van der Waals surface area contributed by atoms with Crippen molar-refractivity contribution in [3.05, 3.63) is 40.3 Å². The molecular weight excluding hydrogens is 308 g/mol. The zero-order chi connectivity index (χ0) is 17.1. The Bertz CT molecular complexity index is 738. The molecule has 1 aliphatic heterocycles. The minimum atomic E-state index is -0.179. The van der Waals surface area contributed by atoms with Crippen molar-refractivity contribution in [3.63, 3.8) is 0 Å². The van der Waals surface area contributed by atoms with Crippen LogP contribution >= 0.6 is 0 Å². The average molecular weight is 332 g/mol. The number of aromatic nitrogens is 4. The summed E-state index contributed by atoms with van der Waals surface area (Å²) in [4.78, 5) is 22.9. The molecule has 0 saturated carbocycles. The summed E-state index contributed by atoms with van der Waals surface area (Å²) >= 11 is 0. The number of nitrogens with one attached hydrogen (secondary N) is 1. The summed E-state index contributed by atoms with van der Waals surface area (Å²) in [6.07, 6.45) is 2.90. The number of likely N-dealkylation sites (tertiary alicyclic amines) is 1. The highest BCUT2D eigenvalue weighted by atomic mass is 16.5. The molecule has 1 saturated heterocycles. The van der Waals surface area contributed by atoms with Crippen molar-refractivity contribution in [2.75, 3.05) is 27.2 Å². The molecular formula is C16H24N6O2. The van der Waals surface area contributed by atoms with E-state index in [2.05, 4.69) is 24.9 Å². The summed E-state index contributed by atoms with van der Waals surface area (Å²) in [5.74, 6) is 1.56. The second-order valence-electron chi connectivity index (χ2n) is 6.48. The Morgan fingerprint density at radius 2 is 2.29 bits per heavy atom. The molecule has 1 N–H and O–H groups in total. The molecule has 1 atom stereocenters. The highest BCUT2D eigenvalue weighted by Gasteiger charge is 2.25. The summed E-state index contributed by atoms with van der Waals surface area (Å²) in [7, 11) is 5.69. The zero-order valence-electron chi connectivity index (χ0n) is 14.4. The van der Waals surface area contributed by atoms with Crippen LogP contribution in [0.5, 0.6) is 5.75 Å². The van der Waals surface area contributed by atoms with Gasteiger partial charge in [0.25, 0.3) is 0 Å². The Kier molecular flexibility index (Phi) is 4.96. The summed E-state index contributed by atoms with van der Waals surface area (Å²) in [5.41, 5.74) is 0.820. The molecule has 2 aromatic rings. The third-order valence-electron chi connectivity index (χ3n) is 3.99. The molecule has 0 spiro atoms. The Hall–Kier alpha value is -2.19.